The lowest BCUT2D eigenvalue weighted by Gasteiger charge is -2.15. The van der Waals surface area contributed by atoms with E-state index in [1.807, 2.05) is 30.3 Å². The lowest BCUT2D eigenvalue weighted by atomic mass is 10.0. The van der Waals surface area contributed by atoms with Gasteiger partial charge in [-0.1, -0.05) is 36.4 Å². The monoisotopic (exact) mass is 393 g/mol. The van der Waals surface area contributed by atoms with Crippen LogP contribution in [0.2, 0.25) is 0 Å². The van der Waals surface area contributed by atoms with Crippen LogP contribution in [-0.4, -0.2) is 25.6 Å². The number of sulfone groups is 1. The van der Waals surface area contributed by atoms with Crippen molar-refractivity contribution in [3.63, 3.8) is 0 Å². The van der Waals surface area contributed by atoms with Gasteiger partial charge in [0.05, 0.1) is 23.5 Å². The van der Waals surface area contributed by atoms with Crippen molar-refractivity contribution >= 4 is 20.7 Å². The van der Waals surface area contributed by atoms with Crippen LogP contribution >= 0.6 is 0 Å². The van der Waals surface area contributed by atoms with Crippen molar-refractivity contribution < 1.29 is 18.3 Å². The topological polar surface area (TPSA) is 79.4 Å². The van der Waals surface area contributed by atoms with Crippen LogP contribution in [0.1, 0.15) is 5.56 Å². The van der Waals surface area contributed by atoms with E-state index in [9.17, 15) is 13.5 Å². The highest BCUT2D eigenvalue weighted by molar-refractivity contribution is 7.91. The molecule has 0 aliphatic rings. The van der Waals surface area contributed by atoms with Crippen molar-refractivity contribution in [3.8, 4) is 17.0 Å². The molecular weight excluding hydrogens is 374 g/mol. The molecule has 1 aromatic heterocycles. The largest absolute Gasteiger partial charge is 0.497 e. The molecular formula is C22H19NO4S. The molecule has 0 atom stereocenters. The van der Waals surface area contributed by atoms with Crippen molar-refractivity contribution in [2.24, 2.45) is 0 Å². The summed E-state index contributed by atoms with van der Waals surface area (Å²) in [5, 5.41) is 10.9. The number of para-hydroxylation sites is 1. The Morgan fingerprint density at radius 2 is 1.68 bits per heavy atom. The van der Waals surface area contributed by atoms with Crippen LogP contribution < -0.4 is 4.74 Å². The number of aliphatic hydroxyl groups excluding tert-OH is 1. The summed E-state index contributed by atoms with van der Waals surface area (Å²) in [5.41, 5.74) is 2.44. The molecule has 0 aliphatic carbocycles. The summed E-state index contributed by atoms with van der Waals surface area (Å²) in [5.74, 6) is 0.374. The molecule has 0 fully saturated rings. The quantitative estimate of drug-likeness (QED) is 0.533. The van der Waals surface area contributed by atoms with Gasteiger partial charge in [0.1, 0.15) is 5.75 Å². The minimum Gasteiger partial charge on any atom is -0.497 e. The van der Waals surface area contributed by atoms with Gasteiger partial charge in [-0.05, 0) is 42.0 Å². The molecule has 2 N–H and O–H groups in total. The normalized spacial score (nSPS) is 11.6. The zero-order chi connectivity index (χ0) is 19.7. The van der Waals surface area contributed by atoms with Crippen LogP contribution in [0.4, 0.5) is 0 Å². The lowest BCUT2D eigenvalue weighted by molar-refractivity contribution is 0.281. The molecule has 0 bridgehead atoms. The van der Waals surface area contributed by atoms with Gasteiger partial charge in [-0.15, -0.1) is 0 Å². The van der Waals surface area contributed by atoms with Crippen LogP contribution in [-0.2, 0) is 16.4 Å². The molecule has 28 heavy (non-hydrogen) atoms. The third kappa shape index (κ3) is 3.06. The molecule has 1 heterocycles. The first kappa shape index (κ1) is 18.3. The molecule has 0 amide bonds. The van der Waals surface area contributed by atoms with Crippen molar-refractivity contribution in [2.45, 2.75) is 16.4 Å². The molecule has 0 radical (unpaired) electrons. The van der Waals surface area contributed by atoms with E-state index in [1.54, 1.807) is 36.4 Å². The van der Waals surface area contributed by atoms with E-state index in [4.69, 9.17) is 4.74 Å². The number of methoxy groups -OCH3 is 1. The maximum absolute atomic E-state index is 13.4. The Labute approximate surface area is 163 Å². The van der Waals surface area contributed by atoms with Crippen LogP contribution in [0, 0.1) is 0 Å². The first-order valence-electron chi connectivity index (χ1n) is 8.74. The Hall–Kier alpha value is -3.09. The number of aromatic amines is 1. The third-order valence-corrected chi connectivity index (χ3v) is 6.50. The zero-order valence-electron chi connectivity index (χ0n) is 15.2. The smallest absolute Gasteiger partial charge is 0.207 e. The van der Waals surface area contributed by atoms with Crippen LogP contribution in [0.3, 0.4) is 0 Å². The van der Waals surface area contributed by atoms with E-state index in [-0.39, 0.29) is 16.4 Å². The Bertz CT molecular complexity index is 1210. The highest BCUT2D eigenvalue weighted by Crippen LogP contribution is 2.38. The second-order valence-corrected chi connectivity index (χ2v) is 8.32. The van der Waals surface area contributed by atoms with Gasteiger partial charge in [0.25, 0.3) is 0 Å². The average Bonchev–Trinajstić information content (AvgIpc) is 3.17. The van der Waals surface area contributed by atoms with Crippen LogP contribution in [0.5, 0.6) is 5.75 Å². The summed E-state index contributed by atoms with van der Waals surface area (Å²) in [4.78, 5) is 3.55. The second-order valence-electron chi connectivity index (χ2n) is 6.40. The molecule has 4 rings (SSSR count). The summed E-state index contributed by atoms with van der Waals surface area (Å²) in [6, 6.07) is 21.0. The number of nitrogens with one attached hydrogen (secondary N) is 1. The van der Waals surface area contributed by atoms with Gasteiger partial charge in [-0.3, -0.25) is 0 Å². The second kappa shape index (κ2) is 7.14. The number of ether oxygens (including phenoxy) is 1. The molecule has 6 heteroatoms. The summed E-state index contributed by atoms with van der Waals surface area (Å²) < 4.78 is 32.1. The number of hydrogen-bond donors (Lipinski definition) is 2. The van der Waals surface area contributed by atoms with Crippen molar-refractivity contribution in [2.75, 3.05) is 7.11 Å². The first-order chi connectivity index (χ1) is 13.5. The minimum atomic E-state index is -3.83. The summed E-state index contributed by atoms with van der Waals surface area (Å²) in [7, 11) is -2.36. The van der Waals surface area contributed by atoms with E-state index < -0.39 is 9.84 Å². The summed E-state index contributed by atoms with van der Waals surface area (Å²) in [6.45, 7) is -0.320. The van der Waals surface area contributed by atoms with E-state index in [0.29, 0.717) is 22.6 Å². The zero-order valence-corrected chi connectivity index (χ0v) is 16.0. The fourth-order valence-electron chi connectivity index (χ4n) is 3.34. The number of aliphatic hydroxyl groups is 1. The molecule has 0 unspecified atom stereocenters. The van der Waals surface area contributed by atoms with E-state index in [1.165, 1.54) is 13.2 Å². The van der Waals surface area contributed by atoms with Crippen molar-refractivity contribution in [3.05, 3.63) is 78.4 Å². The highest BCUT2D eigenvalue weighted by Gasteiger charge is 2.26. The number of fused-ring (bicyclic) bond motifs is 1. The summed E-state index contributed by atoms with van der Waals surface area (Å²) >= 11 is 0. The molecule has 0 aliphatic heterocycles. The number of H-pyrrole nitrogens is 1. The Morgan fingerprint density at radius 1 is 0.964 bits per heavy atom. The molecule has 142 valence electrons. The van der Waals surface area contributed by atoms with Gasteiger partial charge < -0.3 is 14.8 Å². The SMILES string of the molecule is COc1cc(CO)c(-c2cc3ccccc3[nH]2)c(S(=O)(=O)c2ccccc2)c1. The number of aromatic nitrogens is 1. The van der Waals surface area contributed by atoms with Gasteiger partial charge in [0.15, 0.2) is 0 Å². The van der Waals surface area contributed by atoms with Crippen molar-refractivity contribution in [1.82, 2.24) is 4.98 Å². The summed E-state index contributed by atoms with van der Waals surface area (Å²) in [6.07, 6.45) is 0. The predicted octanol–water partition coefficient (Wildman–Crippen LogP) is 4.17. The fraction of sp³-hybridized carbons (Fsp3) is 0.0909. The van der Waals surface area contributed by atoms with Gasteiger partial charge in [0, 0.05) is 22.2 Å². The third-order valence-electron chi connectivity index (χ3n) is 4.71. The Kier molecular flexibility index (Phi) is 4.66. The lowest BCUT2D eigenvalue weighted by Crippen LogP contribution is -2.07. The molecule has 5 nitrogen and oxygen atoms in total. The van der Waals surface area contributed by atoms with Crippen molar-refractivity contribution in [1.29, 1.82) is 0 Å². The Morgan fingerprint density at radius 3 is 2.36 bits per heavy atom. The minimum absolute atomic E-state index is 0.0913. The molecule has 0 spiro atoms. The predicted molar refractivity (Wildman–Crippen MR) is 108 cm³/mol. The fourth-order valence-corrected chi connectivity index (χ4v) is 4.89. The van der Waals surface area contributed by atoms with Crippen LogP contribution in [0.25, 0.3) is 22.2 Å². The van der Waals surface area contributed by atoms with E-state index >= 15 is 0 Å². The molecule has 0 saturated carbocycles. The van der Waals surface area contributed by atoms with Gasteiger partial charge in [0.2, 0.25) is 9.84 Å². The number of benzene rings is 3. The van der Waals surface area contributed by atoms with Crippen LogP contribution in [0.15, 0.2) is 82.6 Å². The van der Waals surface area contributed by atoms with Gasteiger partial charge >= 0.3 is 0 Å². The molecule has 3 aromatic carbocycles. The highest BCUT2D eigenvalue weighted by atomic mass is 32.2. The average molecular weight is 393 g/mol. The molecule has 0 saturated heterocycles. The number of hydrogen-bond acceptors (Lipinski definition) is 4. The standard InChI is InChI=1S/C22H19NO4S/c1-27-17-11-16(14-24)22(20-12-15-7-5-6-10-19(15)23-20)21(13-17)28(25,26)18-8-3-2-4-9-18/h2-13,23-24H,14H2,1H3. The molecule has 4 aromatic rings. The van der Waals surface area contributed by atoms with E-state index in [2.05, 4.69) is 4.98 Å². The van der Waals surface area contributed by atoms with Gasteiger partial charge in [-0.2, -0.15) is 0 Å². The van der Waals surface area contributed by atoms with Gasteiger partial charge in [-0.25, -0.2) is 8.42 Å². The first-order valence-corrected chi connectivity index (χ1v) is 10.2. The van der Waals surface area contributed by atoms with E-state index in [0.717, 1.165) is 10.9 Å². The Balaban J connectivity index is 2.05. The number of rotatable bonds is 5. The maximum atomic E-state index is 13.4. The maximum Gasteiger partial charge on any atom is 0.207 e.